The Hall–Kier alpha value is -0.550. The SMILES string of the molecule is C[NH+](C)CCNC(=S)NCCc1ccc(Cl)cc1Cl. The molecule has 0 amide bonds. The van der Waals surface area contributed by atoms with E-state index in [-0.39, 0.29) is 0 Å². The molecule has 1 rings (SSSR count). The van der Waals surface area contributed by atoms with Crippen molar-refractivity contribution in [1.29, 1.82) is 0 Å². The normalized spacial score (nSPS) is 10.6. The molecule has 0 spiro atoms. The van der Waals surface area contributed by atoms with Crippen LogP contribution in [0.2, 0.25) is 10.0 Å². The van der Waals surface area contributed by atoms with Crippen LogP contribution in [0.3, 0.4) is 0 Å². The first-order valence-electron chi connectivity index (χ1n) is 6.23. The Morgan fingerprint density at radius 2 is 1.89 bits per heavy atom. The number of nitrogens with one attached hydrogen (secondary N) is 3. The van der Waals surface area contributed by atoms with E-state index in [0.717, 1.165) is 31.6 Å². The fourth-order valence-corrected chi connectivity index (χ4v) is 2.23. The highest BCUT2D eigenvalue weighted by Gasteiger charge is 2.02. The molecular formula is C13H20Cl2N3S+. The third kappa shape index (κ3) is 6.97. The van der Waals surface area contributed by atoms with Crippen molar-refractivity contribution in [3.05, 3.63) is 33.8 Å². The summed E-state index contributed by atoms with van der Waals surface area (Å²) >= 11 is 17.1. The highest BCUT2D eigenvalue weighted by atomic mass is 35.5. The number of hydrogen-bond acceptors (Lipinski definition) is 1. The first kappa shape index (κ1) is 16.5. The molecule has 3 nitrogen and oxygen atoms in total. The molecule has 1 aromatic carbocycles. The highest BCUT2D eigenvalue weighted by Crippen LogP contribution is 2.20. The third-order valence-corrected chi connectivity index (χ3v) is 3.48. The molecule has 6 heteroatoms. The van der Waals surface area contributed by atoms with Crippen molar-refractivity contribution in [2.45, 2.75) is 6.42 Å². The van der Waals surface area contributed by atoms with Crippen LogP contribution in [0.5, 0.6) is 0 Å². The van der Waals surface area contributed by atoms with Gasteiger partial charge < -0.3 is 15.5 Å². The zero-order chi connectivity index (χ0) is 14.3. The van der Waals surface area contributed by atoms with Crippen molar-refractivity contribution in [3.8, 4) is 0 Å². The largest absolute Gasteiger partial charge is 0.362 e. The molecule has 0 saturated carbocycles. The van der Waals surface area contributed by atoms with Crippen LogP contribution in [-0.2, 0) is 6.42 Å². The molecule has 0 saturated heterocycles. The fourth-order valence-electron chi connectivity index (χ4n) is 1.52. The molecule has 0 bridgehead atoms. The molecule has 0 aliphatic rings. The van der Waals surface area contributed by atoms with Gasteiger partial charge in [-0.2, -0.15) is 0 Å². The number of rotatable bonds is 6. The van der Waals surface area contributed by atoms with Crippen LogP contribution < -0.4 is 15.5 Å². The number of quaternary nitrogens is 1. The van der Waals surface area contributed by atoms with Crippen molar-refractivity contribution >= 4 is 40.5 Å². The van der Waals surface area contributed by atoms with Gasteiger partial charge >= 0.3 is 0 Å². The van der Waals surface area contributed by atoms with Crippen LogP contribution in [0.1, 0.15) is 5.56 Å². The maximum Gasteiger partial charge on any atom is 0.166 e. The molecule has 0 heterocycles. The Bertz CT molecular complexity index is 424. The zero-order valence-corrected chi connectivity index (χ0v) is 13.6. The van der Waals surface area contributed by atoms with Crippen molar-refractivity contribution < 1.29 is 4.90 Å². The summed E-state index contributed by atoms with van der Waals surface area (Å²) in [4.78, 5) is 1.39. The number of benzene rings is 1. The maximum absolute atomic E-state index is 6.10. The van der Waals surface area contributed by atoms with E-state index >= 15 is 0 Å². The minimum absolute atomic E-state index is 0.657. The molecule has 3 N–H and O–H groups in total. The lowest BCUT2D eigenvalue weighted by Gasteiger charge is -2.12. The summed E-state index contributed by atoms with van der Waals surface area (Å²) in [6, 6.07) is 5.55. The van der Waals surface area contributed by atoms with Crippen LogP contribution >= 0.6 is 35.4 Å². The van der Waals surface area contributed by atoms with Crippen LogP contribution in [-0.4, -0.2) is 38.8 Å². The van der Waals surface area contributed by atoms with Gasteiger partial charge in [-0.3, -0.25) is 0 Å². The summed E-state index contributed by atoms with van der Waals surface area (Å²) in [5.74, 6) is 0. The predicted molar refractivity (Wildman–Crippen MR) is 86.4 cm³/mol. The van der Waals surface area contributed by atoms with Gasteiger partial charge in [0.25, 0.3) is 0 Å². The first-order valence-corrected chi connectivity index (χ1v) is 7.40. The monoisotopic (exact) mass is 320 g/mol. The van der Waals surface area contributed by atoms with E-state index in [4.69, 9.17) is 35.4 Å². The molecule has 106 valence electrons. The Kier molecular flexibility index (Phi) is 7.46. The smallest absolute Gasteiger partial charge is 0.166 e. The van der Waals surface area contributed by atoms with Gasteiger partial charge in [-0.05, 0) is 36.3 Å². The topological polar surface area (TPSA) is 28.5 Å². The third-order valence-electron chi connectivity index (χ3n) is 2.61. The molecule has 0 aliphatic carbocycles. The molecule has 0 atom stereocenters. The Morgan fingerprint density at radius 1 is 1.21 bits per heavy atom. The van der Waals surface area contributed by atoms with Gasteiger partial charge in [0.15, 0.2) is 5.11 Å². The average Bonchev–Trinajstić information content (AvgIpc) is 2.31. The van der Waals surface area contributed by atoms with Crippen molar-refractivity contribution in [1.82, 2.24) is 10.6 Å². The van der Waals surface area contributed by atoms with E-state index < -0.39 is 0 Å². The van der Waals surface area contributed by atoms with Gasteiger partial charge in [-0.1, -0.05) is 29.3 Å². The van der Waals surface area contributed by atoms with Gasteiger partial charge in [0.05, 0.1) is 27.2 Å². The van der Waals surface area contributed by atoms with Crippen LogP contribution in [0.4, 0.5) is 0 Å². The molecule has 0 aliphatic heterocycles. The van der Waals surface area contributed by atoms with Crippen molar-refractivity contribution in [3.63, 3.8) is 0 Å². The Morgan fingerprint density at radius 3 is 2.53 bits per heavy atom. The summed E-state index contributed by atoms with van der Waals surface area (Å²) < 4.78 is 0. The number of thiocarbonyl (C=S) groups is 1. The van der Waals surface area contributed by atoms with E-state index in [1.165, 1.54) is 4.90 Å². The minimum Gasteiger partial charge on any atom is -0.362 e. The van der Waals surface area contributed by atoms with Crippen molar-refractivity contribution in [2.75, 3.05) is 33.7 Å². The van der Waals surface area contributed by atoms with Crippen LogP contribution in [0.25, 0.3) is 0 Å². The van der Waals surface area contributed by atoms with Crippen LogP contribution in [0.15, 0.2) is 18.2 Å². The van der Waals surface area contributed by atoms with Gasteiger partial charge in [-0.15, -0.1) is 0 Å². The number of halogens is 2. The lowest BCUT2D eigenvalue weighted by molar-refractivity contribution is -0.856. The maximum atomic E-state index is 6.10. The second-order valence-electron chi connectivity index (χ2n) is 4.63. The fraction of sp³-hybridized carbons (Fsp3) is 0.462. The van der Waals surface area contributed by atoms with Crippen molar-refractivity contribution in [2.24, 2.45) is 0 Å². The standard InChI is InChI=1S/C13H19Cl2N3S/c1-18(2)8-7-17-13(19)16-6-5-10-3-4-11(14)9-12(10)15/h3-4,9H,5-8H2,1-2H3,(H2,16,17,19)/p+1. The zero-order valence-electron chi connectivity index (χ0n) is 11.2. The second-order valence-corrected chi connectivity index (χ2v) is 5.88. The van der Waals surface area contributed by atoms with Crippen LogP contribution in [0, 0.1) is 0 Å². The molecule has 0 radical (unpaired) electrons. The van der Waals surface area contributed by atoms with E-state index in [9.17, 15) is 0 Å². The summed E-state index contributed by atoms with van der Waals surface area (Å²) in [6.45, 7) is 2.66. The molecule has 0 aromatic heterocycles. The number of hydrogen-bond donors (Lipinski definition) is 3. The van der Waals surface area contributed by atoms with E-state index in [1.807, 2.05) is 12.1 Å². The lowest BCUT2D eigenvalue weighted by atomic mass is 10.1. The van der Waals surface area contributed by atoms with Gasteiger partial charge in [-0.25, -0.2) is 0 Å². The first-order chi connectivity index (χ1) is 8.99. The molecule has 0 fully saturated rings. The second kappa shape index (κ2) is 8.59. The molecule has 1 aromatic rings. The number of likely N-dealkylation sites (N-methyl/N-ethyl adjacent to an activating group) is 1. The summed E-state index contributed by atoms with van der Waals surface area (Å²) in [6.07, 6.45) is 0.816. The Balaban J connectivity index is 2.24. The molecule has 19 heavy (non-hydrogen) atoms. The van der Waals surface area contributed by atoms with E-state index in [2.05, 4.69) is 24.7 Å². The summed E-state index contributed by atoms with van der Waals surface area (Å²) in [5.41, 5.74) is 1.07. The molecular weight excluding hydrogens is 301 g/mol. The van der Waals surface area contributed by atoms with E-state index in [1.54, 1.807) is 6.07 Å². The van der Waals surface area contributed by atoms with Gasteiger partial charge in [0.2, 0.25) is 0 Å². The minimum atomic E-state index is 0.657. The quantitative estimate of drug-likeness (QED) is 0.687. The molecule has 0 unspecified atom stereocenters. The summed E-state index contributed by atoms with van der Waals surface area (Å²) in [7, 11) is 4.22. The predicted octanol–water partition coefficient (Wildman–Crippen LogP) is 1.14. The Labute approximate surface area is 130 Å². The van der Waals surface area contributed by atoms with Gasteiger partial charge in [0, 0.05) is 16.6 Å². The lowest BCUT2D eigenvalue weighted by Crippen LogP contribution is -3.06. The van der Waals surface area contributed by atoms with Gasteiger partial charge in [0.1, 0.15) is 0 Å². The highest BCUT2D eigenvalue weighted by molar-refractivity contribution is 7.80. The van der Waals surface area contributed by atoms with E-state index in [0.29, 0.717) is 15.2 Å². The summed E-state index contributed by atoms with van der Waals surface area (Å²) in [5, 5.41) is 8.38. The average molecular weight is 321 g/mol.